The van der Waals surface area contributed by atoms with Crippen LogP contribution in [0.5, 0.6) is 11.5 Å². The summed E-state index contributed by atoms with van der Waals surface area (Å²) in [6, 6.07) is 13.9. The van der Waals surface area contributed by atoms with Crippen molar-refractivity contribution in [1.82, 2.24) is 0 Å². The highest BCUT2D eigenvalue weighted by atomic mass is 35.5. The second-order valence-electron chi connectivity index (χ2n) is 6.35. The Hall–Kier alpha value is -3.83. The number of sulfonamides is 1. The highest BCUT2D eigenvalue weighted by Gasteiger charge is 2.21. The second kappa shape index (κ2) is 9.54. The SMILES string of the molecule is COc1cc(/C=N/Nc2ccc(S(=O)(=O)Nc3cccc(Cl)c3)cc2[N+](=O)[O-])ccc1O. The number of halogens is 1. The molecule has 0 spiro atoms. The van der Waals surface area contributed by atoms with Gasteiger partial charge in [0.1, 0.15) is 5.69 Å². The summed E-state index contributed by atoms with van der Waals surface area (Å²) in [5.74, 6) is 0.193. The van der Waals surface area contributed by atoms with Crippen LogP contribution in [0.4, 0.5) is 17.1 Å². The molecule has 0 bridgehead atoms. The summed E-state index contributed by atoms with van der Waals surface area (Å²) in [5, 5.41) is 25.4. The summed E-state index contributed by atoms with van der Waals surface area (Å²) in [4.78, 5) is 10.5. The topological polar surface area (TPSA) is 143 Å². The average Bonchev–Trinajstić information content (AvgIpc) is 2.74. The zero-order valence-electron chi connectivity index (χ0n) is 16.5. The van der Waals surface area contributed by atoms with Crippen molar-refractivity contribution in [3.05, 3.63) is 81.4 Å². The van der Waals surface area contributed by atoms with Gasteiger partial charge in [0, 0.05) is 11.1 Å². The Balaban J connectivity index is 1.83. The summed E-state index contributed by atoms with van der Waals surface area (Å²) in [7, 11) is -2.70. The fourth-order valence-corrected chi connectivity index (χ4v) is 3.90. The molecular formula is C20H17ClN4O6S. The van der Waals surface area contributed by atoms with Crippen LogP contribution in [0.3, 0.4) is 0 Å². The molecule has 0 unspecified atom stereocenters. The summed E-state index contributed by atoms with van der Waals surface area (Å²) in [5.41, 5.74) is 2.80. The number of rotatable bonds is 8. The van der Waals surface area contributed by atoms with E-state index in [1.165, 1.54) is 49.7 Å². The first-order valence-corrected chi connectivity index (χ1v) is 10.8. The Morgan fingerprint density at radius 3 is 2.62 bits per heavy atom. The van der Waals surface area contributed by atoms with Crippen LogP contribution in [-0.4, -0.2) is 31.8 Å². The molecule has 12 heteroatoms. The van der Waals surface area contributed by atoms with Crippen LogP contribution in [0.15, 0.2) is 70.7 Å². The Bertz CT molecular complexity index is 1300. The first-order chi connectivity index (χ1) is 15.2. The van der Waals surface area contributed by atoms with E-state index in [2.05, 4.69) is 15.2 Å². The monoisotopic (exact) mass is 476 g/mol. The van der Waals surface area contributed by atoms with Crippen LogP contribution >= 0.6 is 11.6 Å². The van der Waals surface area contributed by atoms with Crippen LogP contribution in [0.25, 0.3) is 0 Å². The minimum Gasteiger partial charge on any atom is -0.504 e. The predicted molar refractivity (Wildman–Crippen MR) is 121 cm³/mol. The van der Waals surface area contributed by atoms with Crippen molar-refractivity contribution < 1.29 is 23.2 Å². The van der Waals surface area contributed by atoms with Crippen molar-refractivity contribution in [2.24, 2.45) is 5.10 Å². The number of nitro benzene ring substituents is 1. The second-order valence-corrected chi connectivity index (χ2v) is 8.47. The van der Waals surface area contributed by atoms with Gasteiger partial charge in [-0.1, -0.05) is 17.7 Å². The van der Waals surface area contributed by atoms with Crippen molar-refractivity contribution in [2.75, 3.05) is 17.3 Å². The normalized spacial score (nSPS) is 11.3. The van der Waals surface area contributed by atoms with E-state index in [9.17, 15) is 23.6 Å². The Labute approximate surface area is 188 Å². The number of nitrogens with zero attached hydrogens (tertiary/aromatic N) is 2. The largest absolute Gasteiger partial charge is 0.504 e. The highest BCUT2D eigenvalue weighted by Crippen LogP contribution is 2.29. The number of phenolic OH excluding ortho intramolecular Hbond substituents is 1. The number of anilines is 2. The average molecular weight is 477 g/mol. The number of hydrogen-bond donors (Lipinski definition) is 3. The van der Waals surface area contributed by atoms with E-state index in [0.717, 1.165) is 6.07 Å². The van der Waals surface area contributed by atoms with E-state index >= 15 is 0 Å². The smallest absolute Gasteiger partial charge is 0.295 e. The molecule has 0 radical (unpaired) electrons. The van der Waals surface area contributed by atoms with Gasteiger partial charge in [0.25, 0.3) is 15.7 Å². The summed E-state index contributed by atoms with van der Waals surface area (Å²) in [6.07, 6.45) is 1.36. The molecule has 0 amide bonds. The van der Waals surface area contributed by atoms with Gasteiger partial charge in [-0.15, -0.1) is 0 Å². The molecule has 166 valence electrons. The van der Waals surface area contributed by atoms with Gasteiger partial charge < -0.3 is 9.84 Å². The fraction of sp³-hybridized carbons (Fsp3) is 0.0500. The molecule has 0 saturated heterocycles. The molecule has 0 heterocycles. The number of nitro groups is 1. The van der Waals surface area contributed by atoms with Crippen LogP contribution in [0.2, 0.25) is 5.02 Å². The van der Waals surface area contributed by atoms with Crippen LogP contribution in [0.1, 0.15) is 5.56 Å². The van der Waals surface area contributed by atoms with Crippen molar-refractivity contribution >= 4 is 44.9 Å². The molecule has 0 saturated carbocycles. The number of methoxy groups -OCH3 is 1. The maximum absolute atomic E-state index is 12.6. The van der Waals surface area contributed by atoms with E-state index in [-0.39, 0.29) is 27.8 Å². The summed E-state index contributed by atoms with van der Waals surface area (Å²) < 4.78 is 32.6. The summed E-state index contributed by atoms with van der Waals surface area (Å²) >= 11 is 5.86. The quantitative estimate of drug-likeness (QED) is 0.251. The first kappa shape index (κ1) is 22.8. The molecule has 3 N–H and O–H groups in total. The van der Waals surface area contributed by atoms with E-state index in [0.29, 0.717) is 10.6 Å². The Morgan fingerprint density at radius 1 is 1.16 bits per heavy atom. The molecule has 0 atom stereocenters. The van der Waals surface area contributed by atoms with E-state index in [1.807, 2.05) is 0 Å². The lowest BCUT2D eigenvalue weighted by Crippen LogP contribution is -2.13. The standard InChI is InChI=1S/C20H17ClN4O6S/c1-31-20-9-13(5-8-19(20)26)12-22-23-17-7-6-16(11-18(17)25(27)28)32(29,30)24-15-4-2-3-14(21)10-15/h2-12,23-24,26H,1H3/b22-12+. The Morgan fingerprint density at radius 2 is 1.94 bits per heavy atom. The molecule has 3 aromatic rings. The molecule has 0 aliphatic carbocycles. The third-order valence-electron chi connectivity index (χ3n) is 4.16. The van der Waals surface area contributed by atoms with Crippen LogP contribution < -0.4 is 14.9 Å². The predicted octanol–water partition coefficient (Wildman–Crippen LogP) is 4.21. The molecule has 32 heavy (non-hydrogen) atoms. The van der Waals surface area contributed by atoms with Gasteiger partial charge in [0.15, 0.2) is 11.5 Å². The third-order valence-corrected chi connectivity index (χ3v) is 5.77. The van der Waals surface area contributed by atoms with Gasteiger partial charge >= 0.3 is 0 Å². The van der Waals surface area contributed by atoms with Crippen molar-refractivity contribution in [3.63, 3.8) is 0 Å². The number of phenols is 1. The number of hydrogen-bond acceptors (Lipinski definition) is 8. The summed E-state index contributed by atoms with van der Waals surface area (Å²) in [6.45, 7) is 0. The van der Waals surface area contributed by atoms with Gasteiger partial charge in [-0.3, -0.25) is 20.3 Å². The lowest BCUT2D eigenvalue weighted by molar-refractivity contribution is -0.384. The maximum atomic E-state index is 12.6. The van der Waals surface area contributed by atoms with Crippen molar-refractivity contribution in [2.45, 2.75) is 4.90 Å². The Kier molecular flexibility index (Phi) is 6.81. The zero-order chi connectivity index (χ0) is 23.3. The highest BCUT2D eigenvalue weighted by molar-refractivity contribution is 7.92. The molecule has 0 fully saturated rings. The van der Waals surface area contributed by atoms with Crippen molar-refractivity contribution in [1.29, 1.82) is 0 Å². The first-order valence-electron chi connectivity index (χ1n) is 8.92. The lowest BCUT2D eigenvalue weighted by atomic mass is 10.2. The van der Waals surface area contributed by atoms with Gasteiger partial charge in [-0.2, -0.15) is 5.10 Å². The molecule has 3 rings (SSSR count). The van der Waals surface area contributed by atoms with E-state index in [4.69, 9.17) is 16.3 Å². The lowest BCUT2D eigenvalue weighted by Gasteiger charge is -2.09. The molecule has 0 aliphatic heterocycles. The van der Waals surface area contributed by atoms with Gasteiger partial charge in [-0.25, -0.2) is 8.42 Å². The number of benzene rings is 3. The van der Waals surface area contributed by atoms with Crippen LogP contribution in [-0.2, 0) is 10.0 Å². The number of ether oxygens (including phenoxy) is 1. The minimum absolute atomic E-state index is 0.0151. The zero-order valence-corrected chi connectivity index (χ0v) is 18.1. The number of nitrogens with one attached hydrogen (secondary N) is 2. The van der Waals surface area contributed by atoms with Crippen LogP contribution in [0, 0.1) is 10.1 Å². The van der Waals surface area contributed by atoms with Gasteiger partial charge in [0.05, 0.1) is 28.8 Å². The number of hydrazone groups is 1. The maximum Gasteiger partial charge on any atom is 0.295 e. The number of aromatic hydroxyl groups is 1. The molecule has 3 aromatic carbocycles. The molecular weight excluding hydrogens is 460 g/mol. The fourth-order valence-electron chi connectivity index (χ4n) is 2.64. The van der Waals surface area contributed by atoms with Gasteiger partial charge in [0.2, 0.25) is 0 Å². The van der Waals surface area contributed by atoms with E-state index < -0.39 is 20.6 Å². The van der Waals surface area contributed by atoms with E-state index in [1.54, 1.807) is 18.2 Å². The molecule has 0 aromatic heterocycles. The minimum atomic E-state index is -4.10. The van der Waals surface area contributed by atoms with Crippen molar-refractivity contribution in [3.8, 4) is 11.5 Å². The third kappa shape index (κ3) is 5.45. The molecule has 10 nitrogen and oxygen atoms in total. The van der Waals surface area contributed by atoms with Gasteiger partial charge in [-0.05, 0) is 54.1 Å². The molecule has 0 aliphatic rings.